The largest absolute Gasteiger partial charge is 0.445 e. The van der Waals surface area contributed by atoms with Crippen LogP contribution in [-0.4, -0.2) is 29.5 Å². The molecule has 0 unspecified atom stereocenters. The molecule has 5 heteroatoms. The summed E-state index contributed by atoms with van der Waals surface area (Å²) in [4.78, 5) is 26.4. The van der Waals surface area contributed by atoms with E-state index in [0.717, 1.165) is 23.2 Å². The molecule has 2 aromatic carbocycles. The van der Waals surface area contributed by atoms with Gasteiger partial charge in [0.1, 0.15) is 12.6 Å². The minimum atomic E-state index is -0.482. The molecule has 1 fully saturated rings. The van der Waals surface area contributed by atoms with Crippen molar-refractivity contribution in [2.24, 2.45) is 0 Å². The van der Waals surface area contributed by atoms with Gasteiger partial charge in [-0.15, -0.1) is 0 Å². The molecule has 1 N–H and O–H groups in total. The predicted octanol–water partition coefficient (Wildman–Crippen LogP) is 3.73. The van der Waals surface area contributed by atoms with E-state index in [4.69, 9.17) is 4.74 Å². The average molecular weight is 338 g/mol. The Bertz CT molecular complexity index is 728. The predicted molar refractivity (Wildman–Crippen MR) is 96.2 cm³/mol. The molecule has 0 spiro atoms. The monoisotopic (exact) mass is 338 g/mol. The molecule has 2 aromatic rings. The zero-order valence-corrected chi connectivity index (χ0v) is 14.3. The molecule has 0 aliphatic carbocycles. The first-order chi connectivity index (χ1) is 12.1. The quantitative estimate of drug-likeness (QED) is 0.924. The highest BCUT2D eigenvalue weighted by atomic mass is 16.6. The summed E-state index contributed by atoms with van der Waals surface area (Å²) in [7, 11) is 0. The van der Waals surface area contributed by atoms with E-state index in [1.54, 1.807) is 0 Å². The van der Waals surface area contributed by atoms with Gasteiger partial charge >= 0.3 is 6.09 Å². The van der Waals surface area contributed by atoms with E-state index in [1.165, 1.54) is 4.90 Å². The number of amides is 2. The molecule has 0 aromatic heterocycles. The lowest BCUT2D eigenvalue weighted by atomic mass is 10.2. The lowest BCUT2D eigenvalue weighted by Crippen LogP contribution is -2.43. The summed E-state index contributed by atoms with van der Waals surface area (Å²) in [6.45, 7) is 2.75. The van der Waals surface area contributed by atoms with Gasteiger partial charge < -0.3 is 10.1 Å². The zero-order valence-electron chi connectivity index (χ0n) is 14.3. The summed E-state index contributed by atoms with van der Waals surface area (Å²) in [5, 5.41) is 2.88. The summed E-state index contributed by atoms with van der Waals surface area (Å²) in [5.74, 6) is -0.169. The van der Waals surface area contributed by atoms with Gasteiger partial charge in [-0.25, -0.2) is 4.79 Å². The van der Waals surface area contributed by atoms with Crippen LogP contribution in [0, 0.1) is 6.92 Å². The maximum absolute atomic E-state index is 12.5. The first-order valence-corrected chi connectivity index (χ1v) is 8.48. The molecule has 5 nitrogen and oxygen atoms in total. The number of likely N-dealkylation sites (tertiary alicyclic amines) is 1. The van der Waals surface area contributed by atoms with Gasteiger partial charge in [-0.3, -0.25) is 9.69 Å². The van der Waals surface area contributed by atoms with Gasteiger partial charge in [0.05, 0.1) is 0 Å². The fourth-order valence-corrected chi connectivity index (χ4v) is 2.92. The van der Waals surface area contributed by atoms with E-state index in [1.807, 2.05) is 61.5 Å². The van der Waals surface area contributed by atoms with E-state index in [2.05, 4.69) is 5.32 Å². The highest BCUT2D eigenvalue weighted by molar-refractivity contribution is 5.96. The molecule has 2 amide bonds. The van der Waals surface area contributed by atoms with Crippen molar-refractivity contribution in [2.75, 3.05) is 11.9 Å². The number of ether oxygens (including phenoxy) is 1. The molecule has 0 radical (unpaired) electrons. The van der Waals surface area contributed by atoms with E-state index in [-0.39, 0.29) is 12.5 Å². The molecule has 1 aliphatic rings. The maximum Gasteiger partial charge on any atom is 0.410 e. The van der Waals surface area contributed by atoms with Crippen molar-refractivity contribution in [3.63, 3.8) is 0 Å². The number of nitrogens with one attached hydrogen (secondary N) is 1. The molecule has 1 atom stereocenters. The van der Waals surface area contributed by atoms with Gasteiger partial charge in [0, 0.05) is 12.2 Å². The third kappa shape index (κ3) is 4.38. The Kier molecular flexibility index (Phi) is 5.33. The summed E-state index contributed by atoms with van der Waals surface area (Å²) >= 11 is 0. The van der Waals surface area contributed by atoms with Crippen molar-refractivity contribution in [2.45, 2.75) is 32.4 Å². The lowest BCUT2D eigenvalue weighted by molar-refractivity contribution is -0.120. The van der Waals surface area contributed by atoms with Crippen molar-refractivity contribution >= 4 is 17.7 Å². The summed E-state index contributed by atoms with van der Waals surface area (Å²) < 4.78 is 5.37. The van der Waals surface area contributed by atoms with Gasteiger partial charge in [0.15, 0.2) is 0 Å². The van der Waals surface area contributed by atoms with Crippen LogP contribution in [0.25, 0.3) is 0 Å². The third-order valence-corrected chi connectivity index (χ3v) is 4.31. The van der Waals surface area contributed by atoms with Crippen molar-refractivity contribution in [3.8, 4) is 0 Å². The van der Waals surface area contributed by atoms with Crippen LogP contribution in [0.4, 0.5) is 10.5 Å². The van der Waals surface area contributed by atoms with Crippen LogP contribution in [0.2, 0.25) is 0 Å². The molecule has 3 rings (SSSR count). The first kappa shape index (κ1) is 17.0. The molecule has 130 valence electrons. The van der Waals surface area contributed by atoms with Gasteiger partial charge in [0.2, 0.25) is 5.91 Å². The zero-order chi connectivity index (χ0) is 17.6. The minimum absolute atomic E-state index is 0.169. The average Bonchev–Trinajstić information content (AvgIpc) is 3.12. The molecule has 1 heterocycles. The van der Waals surface area contributed by atoms with Crippen LogP contribution in [0.15, 0.2) is 54.6 Å². The van der Waals surface area contributed by atoms with Crippen molar-refractivity contribution < 1.29 is 14.3 Å². The fraction of sp³-hybridized carbons (Fsp3) is 0.300. The van der Waals surface area contributed by atoms with Crippen LogP contribution in [0.1, 0.15) is 24.0 Å². The Labute approximate surface area is 147 Å². The van der Waals surface area contributed by atoms with Crippen LogP contribution in [-0.2, 0) is 16.1 Å². The van der Waals surface area contributed by atoms with E-state index in [9.17, 15) is 9.59 Å². The molecule has 0 saturated carbocycles. The fourth-order valence-electron chi connectivity index (χ4n) is 2.92. The number of anilines is 1. The highest BCUT2D eigenvalue weighted by Gasteiger charge is 2.35. The molecule has 1 saturated heterocycles. The Morgan fingerprint density at radius 3 is 2.56 bits per heavy atom. The van der Waals surface area contributed by atoms with Gasteiger partial charge in [0.25, 0.3) is 0 Å². The van der Waals surface area contributed by atoms with Crippen molar-refractivity contribution in [1.82, 2.24) is 4.90 Å². The number of rotatable bonds is 4. The maximum atomic E-state index is 12.5. The third-order valence-electron chi connectivity index (χ3n) is 4.31. The molecule has 1 aliphatic heterocycles. The number of carbonyl (C=O) groups excluding carboxylic acids is 2. The molecule has 25 heavy (non-hydrogen) atoms. The number of carbonyl (C=O) groups is 2. The Hall–Kier alpha value is -2.82. The second-order valence-corrected chi connectivity index (χ2v) is 6.25. The normalized spacial score (nSPS) is 16.5. The molecular formula is C20H22N2O3. The number of aryl methyl sites for hydroxylation is 1. The van der Waals surface area contributed by atoms with Gasteiger partial charge in [-0.1, -0.05) is 48.0 Å². The summed E-state index contributed by atoms with van der Waals surface area (Å²) in [6.07, 6.45) is 1.01. The standard InChI is InChI=1S/C20H22N2O3/c1-15-9-11-17(12-10-15)21-19(23)18-8-5-13-22(18)20(24)25-14-16-6-3-2-4-7-16/h2-4,6-7,9-12,18H,5,8,13-14H2,1H3,(H,21,23)/t18-/m1/s1. The highest BCUT2D eigenvalue weighted by Crippen LogP contribution is 2.21. The van der Waals surface area contributed by atoms with Gasteiger partial charge in [-0.05, 0) is 37.5 Å². The van der Waals surface area contributed by atoms with Gasteiger partial charge in [-0.2, -0.15) is 0 Å². The Balaban J connectivity index is 1.58. The first-order valence-electron chi connectivity index (χ1n) is 8.48. The van der Waals surface area contributed by atoms with Crippen molar-refractivity contribution in [3.05, 3.63) is 65.7 Å². The summed E-state index contributed by atoms with van der Waals surface area (Å²) in [5.41, 5.74) is 2.79. The van der Waals surface area contributed by atoms with Crippen molar-refractivity contribution in [1.29, 1.82) is 0 Å². The van der Waals surface area contributed by atoms with E-state index < -0.39 is 12.1 Å². The van der Waals surface area contributed by atoms with E-state index >= 15 is 0 Å². The minimum Gasteiger partial charge on any atom is -0.445 e. The number of hydrogen-bond donors (Lipinski definition) is 1. The molecule has 0 bridgehead atoms. The van der Waals surface area contributed by atoms with Crippen LogP contribution >= 0.6 is 0 Å². The lowest BCUT2D eigenvalue weighted by Gasteiger charge is -2.23. The summed E-state index contributed by atoms with van der Waals surface area (Å²) in [6, 6.07) is 16.6. The second-order valence-electron chi connectivity index (χ2n) is 6.25. The number of nitrogens with zero attached hydrogens (tertiary/aromatic N) is 1. The Morgan fingerprint density at radius 1 is 1.12 bits per heavy atom. The number of benzene rings is 2. The SMILES string of the molecule is Cc1ccc(NC(=O)[C@H]2CCCN2C(=O)OCc2ccccc2)cc1. The smallest absolute Gasteiger partial charge is 0.410 e. The number of hydrogen-bond acceptors (Lipinski definition) is 3. The van der Waals surface area contributed by atoms with E-state index in [0.29, 0.717) is 13.0 Å². The Morgan fingerprint density at radius 2 is 1.84 bits per heavy atom. The van der Waals surface area contributed by atoms with Crippen LogP contribution in [0.5, 0.6) is 0 Å². The van der Waals surface area contributed by atoms with Crippen LogP contribution in [0.3, 0.4) is 0 Å². The van der Waals surface area contributed by atoms with Crippen LogP contribution < -0.4 is 5.32 Å². The topological polar surface area (TPSA) is 58.6 Å². The second kappa shape index (κ2) is 7.83. The molecular weight excluding hydrogens is 316 g/mol.